The Morgan fingerprint density at radius 2 is 1.21 bits per heavy atom. The molecule has 1 aliphatic heterocycles. The predicted octanol–water partition coefficient (Wildman–Crippen LogP) is 8.37. The fraction of sp³-hybridized carbons (Fsp3) is 0.283. The average molecular weight is 710 g/mol. The lowest BCUT2D eigenvalue weighted by Crippen LogP contribution is -2.67. The molecule has 1 saturated heterocycles. The van der Waals surface area contributed by atoms with Gasteiger partial charge in [-0.25, -0.2) is 0 Å². The minimum absolute atomic E-state index is 0.0154. The van der Waals surface area contributed by atoms with Gasteiger partial charge in [-0.05, 0) is 57.1 Å². The molecule has 0 bridgehead atoms. The third-order valence-electron chi connectivity index (χ3n) is 10.2. The number of likely N-dealkylation sites (tertiary alicyclic amines) is 1. The summed E-state index contributed by atoms with van der Waals surface area (Å²) in [4.78, 5) is 16.5. The van der Waals surface area contributed by atoms with Gasteiger partial charge in [0.15, 0.2) is 0 Å². The van der Waals surface area contributed by atoms with E-state index >= 15 is 0 Å². The molecule has 0 radical (unpaired) electrons. The lowest BCUT2D eigenvalue weighted by molar-refractivity contribution is -0.139. The van der Waals surface area contributed by atoms with Crippen molar-refractivity contribution in [3.8, 4) is 5.75 Å². The van der Waals surface area contributed by atoms with E-state index in [1.165, 1.54) is 10.4 Å². The zero-order valence-electron chi connectivity index (χ0n) is 30.7. The molecular formula is C46H51NO4Si. The third-order valence-corrected chi connectivity index (χ3v) is 15.2. The molecule has 268 valence electrons. The van der Waals surface area contributed by atoms with Crippen LogP contribution in [0, 0.1) is 5.92 Å². The normalized spacial score (nSPS) is 17.6. The molecule has 0 unspecified atom stereocenters. The van der Waals surface area contributed by atoms with Crippen molar-refractivity contribution in [3.63, 3.8) is 0 Å². The molecule has 6 rings (SSSR count). The van der Waals surface area contributed by atoms with Crippen molar-refractivity contribution < 1.29 is 18.7 Å². The first kappa shape index (κ1) is 37.0. The molecule has 5 aromatic rings. The van der Waals surface area contributed by atoms with Crippen LogP contribution in [0.15, 0.2) is 158 Å². The van der Waals surface area contributed by atoms with E-state index in [4.69, 9.17) is 13.9 Å². The van der Waals surface area contributed by atoms with E-state index < -0.39 is 14.4 Å². The Morgan fingerprint density at radius 1 is 0.692 bits per heavy atom. The molecule has 0 aliphatic carbocycles. The summed E-state index contributed by atoms with van der Waals surface area (Å²) in [6.45, 7) is 12.8. The van der Waals surface area contributed by atoms with E-state index in [-0.39, 0.29) is 22.9 Å². The van der Waals surface area contributed by atoms with Crippen molar-refractivity contribution in [3.05, 3.63) is 175 Å². The first-order valence-corrected chi connectivity index (χ1v) is 20.3. The highest BCUT2D eigenvalue weighted by atomic mass is 28.4. The van der Waals surface area contributed by atoms with Gasteiger partial charge in [0.1, 0.15) is 18.5 Å². The van der Waals surface area contributed by atoms with Crippen LogP contribution in [0.2, 0.25) is 5.04 Å². The van der Waals surface area contributed by atoms with Crippen molar-refractivity contribution >= 4 is 24.6 Å². The van der Waals surface area contributed by atoms with Crippen LogP contribution in [-0.4, -0.2) is 44.4 Å². The molecule has 0 spiro atoms. The Labute approximate surface area is 311 Å². The number of rotatable bonds is 16. The van der Waals surface area contributed by atoms with Gasteiger partial charge in [0, 0.05) is 25.1 Å². The second kappa shape index (κ2) is 17.2. The van der Waals surface area contributed by atoms with Crippen molar-refractivity contribution in [2.75, 3.05) is 13.2 Å². The van der Waals surface area contributed by atoms with E-state index in [9.17, 15) is 4.79 Å². The van der Waals surface area contributed by atoms with Crippen LogP contribution in [0.25, 0.3) is 0 Å². The Balaban J connectivity index is 1.26. The van der Waals surface area contributed by atoms with Crippen LogP contribution in [0.5, 0.6) is 5.75 Å². The molecule has 0 saturated carbocycles. The van der Waals surface area contributed by atoms with Gasteiger partial charge in [-0.3, -0.25) is 4.79 Å². The van der Waals surface area contributed by atoms with Gasteiger partial charge in [0.2, 0.25) is 0 Å². The number of ether oxygens (including phenoxy) is 2. The maximum atomic E-state index is 14.5. The van der Waals surface area contributed by atoms with E-state index in [0.29, 0.717) is 39.2 Å². The van der Waals surface area contributed by atoms with Gasteiger partial charge in [-0.2, -0.15) is 0 Å². The standard InChI is InChI=1S/C46H51NO4Si/c1-5-18-43-42(35-51-52(46(2,3)4,40-23-14-8-15-24-40)41-25-16-9-17-26-41)44(50-34-38-21-12-7-13-22-38)45(48)47(43)32-31-36-27-29-39(30-28-36)49-33-37-19-10-6-11-20-37/h5-17,19-30,42-44H,1,18,31-35H2,2-4H3/t42-,43+,44+/m0/s1. The summed E-state index contributed by atoms with van der Waals surface area (Å²) in [7, 11) is -2.86. The Hall–Kier alpha value is -4.75. The summed E-state index contributed by atoms with van der Waals surface area (Å²) < 4.78 is 20.1. The average Bonchev–Trinajstić information content (AvgIpc) is 3.42. The maximum Gasteiger partial charge on any atom is 0.261 e. The lowest BCUT2D eigenvalue weighted by atomic mass is 9.96. The predicted molar refractivity (Wildman–Crippen MR) is 213 cm³/mol. The van der Waals surface area contributed by atoms with Crippen molar-refractivity contribution in [2.24, 2.45) is 5.92 Å². The Kier molecular flexibility index (Phi) is 12.2. The first-order valence-electron chi connectivity index (χ1n) is 18.4. The van der Waals surface area contributed by atoms with Gasteiger partial charge in [0.25, 0.3) is 14.2 Å². The van der Waals surface area contributed by atoms with Crippen molar-refractivity contribution in [2.45, 2.75) is 64.0 Å². The number of amides is 1. The zero-order valence-corrected chi connectivity index (χ0v) is 31.7. The number of benzene rings is 5. The van der Waals surface area contributed by atoms with Crippen LogP contribution in [0.4, 0.5) is 0 Å². The highest BCUT2D eigenvalue weighted by Gasteiger charge is 2.53. The van der Waals surface area contributed by atoms with Gasteiger partial charge >= 0.3 is 0 Å². The highest BCUT2D eigenvalue weighted by Crippen LogP contribution is 2.39. The summed E-state index contributed by atoms with van der Waals surface area (Å²) in [5, 5.41) is 2.24. The molecule has 6 heteroatoms. The summed E-state index contributed by atoms with van der Waals surface area (Å²) in [6.07, 6.45) is 2.65. The molecule has 1 amide bonds. The van der Waals surface area contributed by atoms with E-state index in [1.54, 1.807) is 0 Å². The monoisotopic (exact) mass is 709 g/mol. The van der Waals surface area contributed by atoms with E-state index in [2.05, 4.69) is 112 Å². The summed E-state index contributed by atoms with van der Waals surface area (Å²) >= 11 is 0. The van der Waals surface area contributed by atoms with E-state index in [1.807, 2.05) is 71.6 Å². The van der Waals surface area contributed by atoms with Gasteiger partial charge in [-0.15, -0.1) is 6.58 Å². The zero-order chi connectivity index (χ0) is 36.4. The number of hydrogen-bond acceptors (Lipinski definition) is 4. The molecule has 52 heavy (non-hydrogen) atoms. The van der Waals surface area contributed by atoms with Crippen molar-refractivity contribution in [1.29, 1.82) is 0 Å². The number of carbonyl (C=O) groups excluding carboxylic acids is 1. The Morgan fingerprint density at radius 3 is 1.73 bits per heavy atom. The maximum absolute atomic E-state index is 14.5. The lowest BCUT2D eigenvalue weighted by Gasteiger charge is -2.44. The molecule has 0 aromatic heterocycles. The number of nitrogens with zero attached hydrogens (tertiary/aromatic N) is 1. The molecule has 1 aliphatic rings. The molecule has 0 N–H and O–H groups in total. The second-order valence-corrected chi connectivity index (χ2v) is 19.0. The molecule has 1 fully saturated rings. The number of carbonyl (C=O) groups is 1. The highest BCUT2D eigenvalue weighted by molar-refractivity contribution is 6.99. The molecule has 1 heterocycles. The molecule has 3 atom stereocenters. The van der Waals surface area contributed by atoms with Crippen LogP contribution in [-0.2, 0) is 33.6 Å². The topological polar surface area (TPSA) is 48.0 Å². The Bertz CT molecular complexity index is 1800. The number of hydrogen-bond donors (Lipinski definition) is 0. The molecule has 5 aromatic carbocycles. The fourth-order valence-corrected chi connectivity index (χ4v) is 12.2. The quantitative estimate of drug-likeness (QED) is 0.0764. The van der Waals surface area contributed by atoms with Crippen LogP contribution in [0.1, 0.15) is 43.9 Å². The van der Waals surface area contributed by atoms with E-state index in [0.717, 1.165) is 22.4 Å². The summed E-state index contributed by atoms with van der Waals surface area (Å²) in [5.74, 6) is 0.649. The minimum Gasteiger partial charge on any atom is -0.489 e. The van der Waals surface area contributed by atoms with Crippen LogP contribution >= 0.6 is 0 Å². The summed E-state index contributed by atoms with van der Waals surface area (Å²) in [5.41, 5.74) is 3.31. The first-order chi connectivity index (χ1) is 25.3. The van der Waals surface area contributed by atoms with Crippen molar-refractivity contribution in [1.82, 2.24) is 4.90 Å². The summed E-state index contributed by atoms with van der Waals surface area (Å²) in [6, 6.07) is 49.7. The SMILES string of the molecule is C=CC[C@@H]1[C@H](CO[Si](c2ccccc2)(c2ccccc2)C(C)(C)C)[C@@H](OCc2ccccc2)C(=O)N1CCc1ccc(OCc2ccccc2)cc1. The minimum atomic E-state index is -2.86. The fourth-order valence-electron chi connectivity index (χ4n) is 7.57. The van der Waals surface area contributed by atoms with Gasteiger partial charge in [0.05, 0.1) is 6.61 Å². The molecular weight excluding hydrogens is 659 g/mol. The van der Waals surface area contributed by atoms with Crippen LogP contribution < -0.4 is 15.1 Å². The van der Waals surface area contributed by atoms with Gasteiger partial charge in [-0.1, -0.05) is 160 Å². The third kappa shape index (κ3) is 8.47. The smallest absolute Gasteiger partial charge is 0.261 e. The van der Waals surface area contributed by atoms with Gasteiger partial charge < -0.3 is 18.8 Å². The molecule has 5 nitrogen and oxygen atoms in total. The largest absolute Gasteiger partial charge is 0.489 e. The van der Waals surface area contributed by atoms with Crippen LogP contribution in [0.3, 0.4) is 0 Å². The second-order valence-electron chi connectivity index (χ2n) is 14.6.